The number of fused-ring (bicyclic) bond motifs is 1. The number of phenols is 1. The minimum atomic E-state index is -2.59. The molecule has 0 fully saturated rings. The first-order valence-electron chi connectivity index (χ1n) is 25.7. The lowest BCUT2D eigenvalue weighted by Gasteiger charge is -2.27. The second-order valence-corrected chi connectivity index (χ2v) is 21.7. The molecule has 0 aliphatic carbocycles. The molecule has 66 heavy (non-hydrogen) atoms. The van der Waals surface area contributed by atoms with Crippen LogP contribution in [0.1, 0.15) is 148 Å². The molecule has 0 radical (unpaired) electrons. The van der Waals surface area contributed by atoms with Crippen molar-refractivity contribution in [2.75, 3.05) is 0 Å². The quantitative estimate of drug-likeness (QED) is 0.165. The second-order valence-electron chi connectivity index (χ2n) is 21.7. The summed E-state index contributed by atoms with van der Waals surface area (Å²) in [6.45, 7) is 26.1. The van der Waals surface area contributed by atoms with Gasteiger partial charge in [0.1, 0.15) is 11.6 Å². The molecule has 0 aliphatic heterocycles. The molecule has 4 heteroatoms. The number of aromatic nitrogens is 3. The molecular weight excluding hydrogens is 803 g/mol. The standard InChI is InChI=1S/C62H69N3O/c1-37(2)44-28-45(38(3)4)30-46(29-44)42-23-24-55(40(6)27-42)65-56-18-16-17-51(57(56)64-59(65)52-35-50(61(10,11)12)36-53(58(52)66)62(13,14)15)47-31-48(33-49(32-47)60(7,8)9)54-34-43(25-26-63-54)41-21-19-39(5)20-22-41/h16-38,66H,1-15H3/i6D3,37D,38D. The molecule has 0 saturated heterocycles. The van der Waals surface area contributed by atoms with Crippen LogP contribution < -0.4 is 0 Å². The van der Waals surface area contributed by atoms with Crippen LogP contribution in [0.2, 0.25) is 0 Å². The van der Waals surface area contributed by atoms with Crippen molar-refractivity contribution in [2.45, 2.75) is 132 Å². The molecule has 0 bridgehead atoms. The molecule has 0 atom stereocenters. The van der Waals surface area contributed by atoms with Gasteiger partial charge in [0.25, 0.3) is 0 Å². The minimum Gasteiger partial charge on any atom is -0.507 e. The summed E-state index contributed by atoms with van der Waals surface area (Å²) in [6.07, 6.45) is 1.86. The maximum Gasteiger partial charge on any atom is 0.149 e. The number of nitrogens with zero attached hydrogens (tertiary/aromatic N) is 3. The van der Waals surface area contributed by atoms with Gasteiger partial charge < -0.3 is 5.11 Å². The van der Waals surface area contributed by atoms with Crippen molar-refractivity contribution in [3.8, 4) is 67.5 Å². The largest absolute Gasteiger partial charge is 0.507 e. The van der Waals surface area contributed by atoms with Crippen LogP contribution in [0.4, 0.5) is 0 Å². The van der Waals surface area contributed by atoms with Crippen LogP contribution in [0, 0.1) is 13.8 Å². The molecule has 2 aromatic heterocycles. The number of rotatable bonds is 8. The number of benzene rings is 6. The number of phenolic OH excluding ortho intramolecular Hbond substituents is 1. The van der Waals surface area contributed by atoms with E-state index in [1.54, 1.807) is 6.07 Å². The zero-order valence-corrected chi connectivity index (χ0v) is 41.4. The Hall–Kier alpha value is -6.26. The second kappa shape index (κ2) is 17.2. The third kappa shape index (κ3) is 9.12. The first-order chi connectivity index (χ1) is 32.8. The Morgan fingerprint density at radius 3 is 1.82 bits per heavy atom. The number of pyridine rings is 1. The van der Waals surface area contributed by atoms with E-state index < -0.39 is 24.1 Å². The third-order valence-electron chi connectivity index (χ3n) is 12.9. The summed E-state index contributed by atoms with van der Waals surface area (Å²) in [5.41, 5.74) is 14.0. The summed E-state index contributed by atoms with van der Waals surface area (Å²) < 4.78 is 47.2. The molecule has 8 rings (SSSR count). The summed E-state index contributed by atoms with van der Waals surface area (Å²) in [5.74, 6) is -1.42. The monoisotopic (exact) mass is 877 g/mol. The van der Waals surface area contributed by atoms with Gasteiger partial charge >= 0.3 is 0 Å². The Labute approximate surface area is 401 Å². The van der Waals surface area contributed by atoms with Crippen molar-refractivity contribution in [3.05, 3.63) is 166 Å². The minimum absolute atomic E-state index is 0.0903. The smallest absolute Gasteiger partial charge is 0.149 e. The predicted octanol–water partition coefficient (Wildman–Crippen LogP) is 17.2. The molecule has 6 aromatic carbocycles. The fourth-order valence-electron chi connectivity index (χ4n) is 8.73. The predicted molar refractivity (Wildman–Crippen MR) is 281 cm³/mol. The molecule has 0 spiro atoms. The topological polar surface area (TPSA) is 50.9 Å². The summed E-state index contributed by atoms with van der Waals surface area (Å²) in [5, 5.41) is 12.6. The lowest BCUT2D eigenvalue weighted by molar-refractivity contribution is 0.446. The van der Waals surface area contributed by atoms with Crippen molar-refractivity contribution in [1.82, 2.24) is 14.5 Å². The highest BCUT2D eigenvalue weighted by Crippen LogP contribution is 2.45. The highest BCUT2D eigenvalue weighted by molar-refractivity contribution is 5.97. The zero-order valence-electron chi connectivity index (χ0n) is 46.4. The van der Waals surface area contributed by atoms with E-state index in [1.807, 2.05) is 93.1 Å². The van der Waals surface area contributed by atoms with E-state index in [1.165, 1.54) is 5.56 Å². The van der Waals surface area contributed by atoms with Gasteiger partial charge in [-0.25, -0.2) is 4.98 Å². The molecule has 4 nitrogen and oxygen atoms in total. The van der Waals surface area contributed by atoms with Gasteiger partial charge in [-0.2, -0.15) is 0 Å². The fraction of sp³-hybridized carbons (Fsp3) is 0.323. The van der Waals surface area contributed by atoms with E-state index in [4.69, 9.17) is 16.8 Å². The van der Waals surface area contributed by atoms with Crippen molar-refractivity contribution in [2.24, 2.45) is 0 Å². The van der Waals surface area contributed by atoms with E-state index in [0.29, 0.717) is 33.7 Å². The van der Waals surface area contributed by atoms with Gasteiger partial charge in [-0.1, -0.05) is 168 Å². The lowest BCUT2D eigenvalue weighted by Crippen LogP contribution is -2.17. The zero-order chi connectivity index (χ0) is 52.0. The van der Waals surface area contributed by atoms with Crippen molar-refractivity contribution in [3.63, 3.8) is 0 Å². The van der Waals surface area contributed by atoms with Gasteiger partial charge in [0.2, 0.25) is 0 Å². The van der Waals surface area contributed by atoms with Gasteiger partial charge in [0, 0.05) is 29.7 Å². The van der Waals surface area contributed by atoms with Gasteiger partial charge in [-0.15, -0.1) is 0 Å². The number of aromatic hydroxyl groups is 1. The van der Waals surface area contributed by atoms with E-state index in [9.17, 15) is 5.11 Å². The summed E-state index contributed by atoms with van der Waals surface area (Å²) in [4.78, 5) is 10.5. The van der Waals surface area contributed by atoms with Gasteiger partial charge in [0.15, 0.2) is 0 Å². The third-order valence-corrected chi connectivity index (χ3v) is 12.9. The summed E-state index contributed by atoms with van der Waals surface area (Å²) >= 11 is 0. The fourth-order valence-corrected chi connectivity index (χ4v) is 8.73. The molecule has 0 aliphatic rings. The molecule has 338 valence electrons. The first kappa shape index (κ1) is 40.1. The van der Waals surface area contributed by atoms with Crippen LogP contribution in [0.25, 0.3) is 72.7 Å². The maximum absolute atomic E-state index is 12.6. The SMILES string of the molecule is [2H]C([2H])([2H])c1cc(-c2cc(C([2H])(C)C)cc(C([2H])(C)C)c2)ccc1-n1c(-c2cc(C(C)(C)C)cc(C(C)(C)C)c2O)nc2c(-c3cc(-c4cc(-c5ccc(C)cc5)ccn4)cc(C(C)(C)C)c3)cccc21. The average molecular weight is 877 g/mol. The molecular formula is C62H69N3O. The summed E-state index contributed by atoms with van der Waals surface area (Å²) in [6, 6.07) is 40.7. The number of hydrogen-bond acceptors (Lipinski definition) is 3. The normalized spacial score (nSPS) is 14.1. The Balaban J connectivity index is 1.45. The molecule has 1 N–H and O–H groups in total. The Kier molecular flexibility index (Phi) is 10.4. The highest BCUT2D eigenvalue weighted by atomic mass is 16.3. The Bertz CT molecular complexity index is 3290. The van der Waals surface area contributed by atoms with Crippen LogP contribution >= 0.6 is 0 Å². The van der Waals surface area contributed by atoms with Crippen molar-refractivity contribution >= 4 is 11.0 Å². The van der Waals surface area contributed by atoms with Crippen molar-refractivity contribution in [1.29, 1.82) is 0 Å². The molecule has 2 heterocycles. The number of hydrogen-bond donors (Lipinski definition) is 1. The lowest BCUT2D eigenvalue weighted by atomic mass is 9.79. The van der Waals surface area contributed by atoms with Crippen LogP contribution in [0.5, 0.6) is 5.75 Å². The molecule has 0 unspecified atom stereocenters. The molecule has 0 saturated carbocycles. The molecule has 0 amide bonds. The first-order valence-corrected chi connectivity index (χ1v) is 23.2. The van der Waals surface area contributed by atoms with Gasteiger partial charge in [0.05, 0.1) is 28.0 Å². The van der Waals surface area contributed by atoms with Crippen LogP contribution in [-0.2, 0) is 16.2 Å². The van der Waals surface area contributed by atoms with E-state index >= 15 is 0 Å². The van der Waals surface area contributed by atoms with Gasteiger partial charge in [-0.05, 0) is 146 Å². The molecule has 8 aromatic rings. The average Bonchev–Trinajstić information content (AvgIpc) is 3.66. The maximum atomic E-state index is 12.6. The van der Waals surface area contributed by atoms with Crippen LogP contribution in [-0.4, -0.2) is 19.6 Å². The van der Waals surface area contributed by atoms with E-state index in [-0.39, 0.29) is 22.1 Å². The van der Waals surface area contributed by atoms with Crippen LogP contribution in [0.3, 0.4) is 0 Å². The van der Waals surface area contributed by atoms with Crippen molar-refractivity contribution < 1.29 is 12.0 Å². The van der Waals surface area contributed by atoms with E-state index in [2.05, 4.69) is 130 Å². The Morgan fingerprint density at radius 1 is 0.576 bits per heavy atom. The van der Waals surface area contributed by atoms with Gasteiger partial charge in [-0.3, -0.25) is 9.55 Å². The summed E-state index contributed by atoms with van der Waals surface area (Å²) in [7, 11) is 0. The number of aryl methyl sites for hydroxylation is 2. The number of para-hydroxylation sites is 1. The number of imidazole rings is 1. The van der Waals surface area contributed by atoms with E-state index in [0.717, 1.165) is 66.9 Å². The highest BCUT2D eigenvalue weighted by Gasteiger charge is 2.29. The Morgan fingerprint density at radius 2 is 1.20 bits per heavy atom. The van der Waals surface area contributed by atoms with Crippen LogP contribution in [0.15, 0.2) is 128 Å².